The van der Waals surface area contributed by atoms with E-state index in [1.54, 1.807) is 0 Å². The normalized spacial score (nSPS) is 29.8. The molecule has 2 aliphatic rings. The first-order valence-electron chi connectivity index (χ1n) is 7.77. The molecule has 0 aromatic heterocycles. The summed E-state index contributed by atoms with van der Waals surface area (Å²) in [6, 6.07) is 0.646. The van der Waals surface area contributed by atoms with E-state index in [0.717, 1.165) is 45.3 Å². The van der Waals surface area contributed by atoms with Gasteiger partial charge in [0, 0.05) is 25.0 Å². The van der Waals surface area contributed by atoms with Gasteiger partial charge in [-0.1, -0.05) is 6.42 Å². The second kappa shape index (κ2) is 6.71. The van der Waals surface area contributed by atoms with Gasteiger partial charge in [0.2, 0.25) is 5.91 Å². The summed E-state index contributed by atoms with van der Waals surface area (Å²) < 4.78 is 0. The van der Waals surface area contributed by atoms with Crippen LogP contribution >= 0.6 is 0 Å². The van der Waals surface area contributed by atoms with Gasteiger partial charge in [-0.3, -0.25) is 4.79 Å². The highest BCUT2D eigenvalue weighted by atomic mass is 16.2. The van der Waals surface area contributed by atoms with Gasteiger partial charge in [-0.05, 0) is 58.7 Å². The molecule has 4 nitrogen and oxygen atoms in total. The topological polar surface area (TPSA) is 49.6 Å². The first kappa shape index (κ1) is 14.8. The predicted molar refractivity (Wildman–Crippen MR) is 77.8 cm³/mol. The summed E-state index contributed by atoms with van der Waals surface area (Å²) in [5, 5.41) is 0. The van der Waals surface area contributed by atoms with Crippen molar-refractivity contribution in [1.29, 1.82) is 0 Å². The zero-order valence-electron chi connectivity index (χ0n) is 12.5. The molecule has 4 heteroatoms. The van der Waals surface area contributed by atoms with Crippen molar-refractivity contribution >= 4 is 5.91 Å². The Morgan fingerprint density at radius 1 is 1.21 bits per heavy atom. The van der Waals surface area contributed by atoms with Gasteiger partial charge in [-0.15, -0.1) is 0 Å². The first-order valence-corrected chi connectivity index (χ1v) is 7.77. The fourth-order valence-electron chi connectivity index (χ4n) is 3.59. The molecule has 2 rings (SSSR count). The van der Waals surface area contributed by atoms with Crippen LogP contribution in [0.2, 0.25) is 0 Å². The van der Waals surface area contributed by atoms with E-state index in [1.165, 1.54) is 12.8 Å². The molecule has 0 aromatic carbocycles. The molecule has 1 heterocycles. The van der Waals surface area contributed by atoms with E-state index in [0.29, 0.717) is 17.9 Å². The molecule has 0 spiro atoms. The number of hydrogen-bond donors (Lipinski definition) is 1. The lowest BCUT2D eigenvalue weighted by atomic mass is 9.80. The van der Waals surface area contributed by atoms with Crippen molar-refractivity contribution in [2.75, 3.05) is 33.7 Å². The van der Waals surface area contributed by atoms with Crippen molar-refractivity contribution in [2.24, 2.45) is 17.6 Å². The molecule has 19 heavy (non-hydrogen) atoms. The minimum absolute atomic E-state index is 0.248. The van der Waals surface area contributed by atoms with Crippen LogP contribution in [0.4, 0.5) is 0 Å². The van der Waals surface area contributed by atoms with Crippen LogP contribution in [0, 0.1) is 11.8 Å². The third-order valence-electron chi connectivity index (χ3n) is 4.97. The van der Waals surface area contributed by atoms with E-state index in [2.05, 4.69) is 23.9 Å². The molecule has 1 amide bonds. The van der Waals surface area contributed by atoms with Crippen LogP contribution in [0.1, 0.15) is 38.5 Å². The fourth-order valence-corrected chi connectivity index (χ4v) is 3.59. The number of likely N-dealkylation sites (tertiary alicyclic amines) is 1. The van der Waals surface area contributed by atoms with Crippen LogP contribution in [-0.2, 0) is 4.79 Å². The van der Waals surface area contributed by atoms with Crippen molar-refractivity contribution in [1.82, 2.24) is 9.80 Å². The summed E-state index contributed by atoms with van der Waals surface area (Å²) >= 11 is 0. The molecular formula is C15H29N3O. The molecule has 1 saturated heterocycles. The zero-order valence-corrected chi connectivity index (χ0v) is 12.5. The standard InChI is InChI=1S/C15H29N3O/c1-17(2)14-6-8-18(9-7-14)15(19)13-5-3-4-12(10-13)11-16/h12-14H,3-11,16H2,1-2H3. The van der Waals surface area contributed by atoms with E-state index in [4.69, 9.17) is 5.73 Å². The number of carbonyl (C=O) groups is 1. The fraction of sp³-hybridized carbons (Fsp3) is 0.933. The number of nitrogens with zero attached hydrogens (tertiary/aromatic N) is 2. The van der Waals surface area contributed by atoms with Crippen LogP contribution in [-0.4, -0.2) is 55.5 Å². The molecular weight excluding hydrogens is 238 g/mol. The number of amides is 1. The number of rotatable bonds is 3. The third-order valence-corrected chi connectivity index (χ3v) is 4.97. The number of hydrogen-bond acceptors (Lipinski definition) is 3. The number of piperidine rings is 1. The lowest BCUT2D eigenvalue weighted by Gasteiger charge is -2.38. The zero-order chi connectivity index (χ0) is 13.8. The van der Waals surface area contributed by atoms with Crippen LogP contribution < -0.4 is 5.73 Å². The minimum atomic E-state index is 0.248. The van der Waals surface area contributed by atoms with Gasteiger partial charge in [-0.2, -0.15) is 0 Å². The Morgan fingerprint density at radius 2 is 1.89 bits per heavy atom. The van der Waals surface area contributed by atoms with E-state index in [-0.39, 0.29) is 5.92 Å². The highest BCUT2D eigenvalue weighted by molar-refractivity contribution is 5.79. The lowest BCUT2D eigenvalue weighted by Crippen LogP contribution is -2.47. The molecule has 2 N–H and O–H groups in total. The highest BCUT2D eigenvalue weighted by Gasteiger charge is 2.31. The molecule has 1 aliphatic carbocycles. The van der Waals surface area contributed by atoms with Crippen molar-refractivity contribution in [3.8, 4) is 0 Å². The molecule has 2 atom stereocenters. The molecule has 110 valence electrons. The first-order chi connectivity index (χ1) is 9.11. The average Bonchev–Trinajstić information content (AvgIpc) is 2.46. The molecule has 1 saturated carbocycles. The highest BCUT2D eigenvalue weighted by Crippen LogP contribution is 2.30. The van der Waals surface area contributed by atoms with E-state index in [1.807, 2.05) is 0 Å². The van der Waals surface area contributed by atoms with E-state index < -0.39 is 0 Å². The summed E-state index contributed by atoms with van der Waals surface area (Å²) in [6.45, 7) is 2.61. The second-order valence-electron chi connectivity index (χ2n) is 6.49. The van der Waals surface area contributed by atoms with Crippen molar-refractivity contribution in [3.63, 3.8) is 0 Å². The Morgan fingerprint density at radius 3 is 2.47 bits per heavy atom. The Bertz CT molecular complexity index is 298. The van der Waals surface area contributed by atoms with Crippen LogP contribution in [0.5, 0.6) is 0 Å². The van der Waals surface area contributed by atoms with Gasteiger partial charge < -0.3 is 15.5 Å². The van der Waals surface area contributed by atoms with Gasteiger partial charge in [0.05, 0.1) is 0 Å². The van der Waals surface area contributed by atoms with Crippen LogP contribution in [0.15, 0.2) is 0 Å². The Balaban J connectivity index is 1.83. The van der Waals surface area contributed by atoms with Crippen LogP contribution in [0.25, 0.3) is 0 Å². The van der Waals surface area contributed by atoms with Gasteiger partial charge >= 0.3 is 0 Å². The SMILES string of the molecule is CN(C)C1CCN(C(=O)C2CCCC(CN)C2)CC1. The van der Waals surface area contributed by atoms with E-state index in [9.17, 15) is 4.79 Å². The summed E-state index contributed by atoms with van der Waals surface area (Å²) in [7, 11) is 4.27. The van der Waals surface area contributed by atoms with E-state index >= 15 is 0 Å². The maximum absolute atomic E-state index is 12.6. The Kier molecular flexibility index (Phi) is 5.22. The second-order valence-corrected chi connectivity index (χ2v) is 6.49. The van der Waals surface area contributed by atoms with Crippen molar-refractivity contribution < 1.29 is 4.79 Å². The number of nitrogens with two attached hydrogens (primary N) is 1. The minimum Gasteiger partial charge on any atom is -0.342 e. The Hall–Kier alpha value is -0.610. The number of carbonyl (C=O) groups excluding carboxylic acids is 1. The maximum Gasteiger partial charge on any atom is 0.225 e. The quantitative estimate of drug-likeness (QED) is 0.838. The molecule has 0 aromatic rings. The summed E-state index contributed by atoms with van der Waals surface area (Å²) in [6.07, 6.45) is 6.71. The molecule has 0 bridgehead atoms. The molecule has 2 unspecified atom stereocenters. The van der Waals surface area contributed by atoms with Gasteiger partial charge in [0.25, 0.3) is 0 Å². The third kappa shape index (κ3) is 3.69. The molecule has 2 fully saturated rings. The van der Waals surface area contributed by atoms with Crippen molar-refractivity contribution in [2.45, 2.75) is 44.6 Å². The van der Waals surface area contributed by atoms with Gasteiger partial charge in [0.1, 0.15) is 0 Å². The smallest absolute Gasteiger partial charge is 0.225 e. The Labute approximate surface area is 117 Å². The van der Waals surface area contributed by atoms with Crippen molar-refractivity contribution in [3.05, 3.63) is 0 Å². The molecule has 0 radical (unpaired) electrons. The summed E-state index contributed by atoms with van der Waals surface area (Å²) in [5.41, 5.74) is 5.77. The monoisotopic (exact) mass is 267 g/mol. The largest absolute Gasteiger partial charge is 0.342 e. The predicted octanol–water partition coefficient (Wildman–Crippen LogP) is 1.30. The lowest BCUT2D eigenvalue weighted by molar-refractivity contribution is -0.138. The average molecular weight is 267 g/mol. The van der Waals surface area contributed by atoms with Gasteiger partial charge in [-0.25, -0.2) is 0 Å². The summed E-state index contributed by atoms with van der Waals surface area (Å²) in [4.78, 5) is 16.9. The van der Waals surface area contributed by atoms with Crippen LogP contribution in [0.3, 0.4) is 0 Å². The van der Waals surface area contributed by atoms with Gasteiger partial charge in [0.15, 0.2) is 0 Å². The maximum atomic E-state index is 12.6. The molecule has 1 aliphatic heterocycles. The summed E-state index contributed by atoms with van der Waals surface area (Å²) in [5.74, 6) is 1.22.